The van der Waals surface area contributed by atoms with Crippen LogP contribution in [0.15, 0.2) is 12.1 Å². The standard InChI is InChI=1S/C12H15BrO3/c1-7(2)11-9(15-3)5-8(12(13)14)6-10(11)16-4/h5-7H,1-4H3. The fraction of sp³-hybridized carbons (Fsp3) is 0.417. The predicted molar refractivity (Wildman–Crippen MR) is 66.9 cm³/mol. The number of hydrogen-bond donors (Lipinski definition) is 0. The lowest BCUT2D eigenvalue weighted by molar-refractivity contribution is 0.109. The first-order chi connectivity index (χ1) is 7.51. The maximum atomic E-state index is 11.3. The zero-order chi connectivity index (χ0) is 12.3. The maximum absolute atomic E-state index is 11.3. The fourth-order valence-corrected chi connectivity index (χ4v) is 1.85. The molecule has 0 saturated carbocycles. The molecule has 0 aliphatic heterocycles. The van der Waals surface area contributed by atoms with Gasteiger partial charge in [0.1, 0.15) is 11.5 Å². The number of rotatable bonds is 4. The maximum Gasteiger partial charge on any atom is 0.228 e. The fourth-order valence-electron chi connectivity index (χ4n) is 1.62. The molecule has 0 radical (unpaired) electrons. The van der Waals surface area contributed by atoms with Crippen molar-refractivity contribution in [2.24, 2.45) is 0 Å². The van der Waals surface area contributed by atoms with Gasteiger partial charge in [0.2, 0.25) is 4.69 Å². The minimum absolute atomic E-state index is 0.181. The number of carbonyl (C=O) groups is 1. The topological polar surface area (TPSA) is 35.5 Å². The zero-order valence-corrected chi connectivity index (χ0v) is 11.4. The molecule has 0 saturated heterocycles. The van der Waals surface area contributed by atoms with Crippen LogP contribution in [-0.4, -0.2) is 18.9 Å². The first-order valence-electron chi connectivity index (χ1n) is 4.97. The Bertz CT molecular complexity index is 374. The molecule has 3 nitrogen and oxygen atoms in total. The molecular formula is C12H15BrO3. The summed E-state index contributed by atoms with van der Waals surface area (Å²) in [6, 6.07) is 3.43. The van der Waals surface area contributed by atoms with Gasteiger partial charge in [0.05, 0.1) is 14.2 Å². The molecule has 1 aromatic rings. The Morgan fingerprint density at radius 3 is 1.88 bits per heavy atom. The molecule has 0 amide bonds. The molecule has 0 N–H and O–H groups in total. The molecule has 0 heterocycles. The van der Waals surface area contributed by atoms with Crippen LogP contribution in [0, 0.1) is 0 Å². The second-order valence-electron chi connectivity index (χ2n) is 3.72. The Morgan fingerprint density at radius 2 is 1.62 bits per heavy atom. The van der Waals surface area contributed by atoms with Gasteiger partial charge >= 0.3 is 0 Å². The van der Waals surface area contributed by atoms with E-state index in [-0.39, 0.29) is 10.6 Å². The minimum atomic E-state index is -0.181. The first-order valence-corrected chi connectivity index (χ1v) is 5.76. The summed E-state index contributed by atoms with van der Waals surface area (Å²) in [6.45, 7) is 4.10. The van der Waals surface area contributed by atoms with Gasteiger partial charge in [0.25, 0.3) is 0 Å². The lowest BCUT2D eigenvalue weighted by atomic mass is 9.99. The van der Waals surface area contributed by atoms with Gasteiger partial charge < -0.3 is 9.47 Å². The van der Waals surface area contributed by atoms with Crippen molar-refractivity contribution >= 4 is 20.6 Å². The summed E-state index contributed by atoms with van der Waals surface area (Å²) in [5.41, 5.74) is 1.50. The van der Waals surface area contributed by atoms with Crippen LogP contribution in [0.5, 0.6) is 11.5 Å². The number of methoxy groups -OCH3 is 2. The van der Waals surface area contributed by atoms with Crippen LogP contribution in [-0.2, 0) is 0 Å². The van der Waals surface area contributed by atoms with Crippen molar-refractivity contribution in [2.45, 2.75) is 19.8 Å². The molecule has 0 spiro atoms. The Balaban J connectivity index is 3.42. The van der Waals surface area contributed by atoms with Gasteiger partial charge in [-0.3, -0.25) is 4.79 Å². The number of hydrogen-bond acceptors (Lipinski definition) is 3. The molecule has 0 aliphatic carbocycles. The summed E-state index contributed by atoms with van der Waals surface area (Å²) < 4.78 is 10.4. The molecule has 1 aromatic carbocycles. The van der Waals surface area contributed by atoms with Crippen molar-refractivity contribution in [2.75, 3.05) is 14.2 Å². The van der Waals surface area contributed by atoms with E-state index < -0.39 is 0 Å². The van der Waals surface area contributed by atoms with Crippen LogP contribution in [0.4, 0.5) is 0 Å². The minimum Gasteiger partial charge on any atom is -0.496 e. The molecule has 4 heteroatoms. The van der Waals surface area contributed by atoms with Gasteiger partial charge in [-0.1, -0.05) is 13.8 Å². The molecule has 0 bridgehead atoms. The van der Waals surface area contributed by atoms with Crippen LogP contribution in [0.1, 0.15) is 35.7 Å². The molecule has 0 aromatic heterocycles. The van der Waals surface area contributed by atoms with Crippen LogP contribution in [0.3, 0.4) is 0 Å². The van der Waals surface area contributed by atoms with Gasteiger partial charge in [-0.15, -0.1) is 0 Å². The summed E-state index contributed by atoms with van der Waals surface area (Å²) in [4.78, 5) is 11.3. The number of halogens is 1. The highest BCUT2D eigenvalue weighted by Gasteiger charge is 2.17. The van der Waals surface area contributed by atoms with Crippen LogP contribution >= 0.6 is 15.9 Å². The summed E-state index contributed by atoms with van der Waals surface area (Å²) in [6.07, 6.45) is 0. The van der Waals surface area contributed by atoms with Crippen molar-refractivity contribution in [3.63, 3.8) is 0 Å². The van der Waals surface area contributed by atoms with E-state index in [0.29, 0.717) is 17.1 Å². The molecule has 0 atom stereocenters. The number of benzene rings is 1. The Morgan fingerprint density at radius 1 is 1.19 bits per heavy atom. The summed E-state index contributed by atoms with van der Waals surface area (Å²) in [5.74, 6) is 1.62. The van der Waals surface area contributed by atoms with Crippen molar-refractivity contribution in [1.29, 1.82) is 0 Å². The van der Waals surface area contributed by atoms with E-state index in [4.69, 9.17) is 9.47 Å². The molecule has 88 valence electrons. The highest BCUT2D eigenvalue weighted by Crippen LogP contribution is 2.36. The van der Waals surface area contributed by atoms with E-state index in [9.17, 15) is 4.79 Å². The van der Waals surface area contributed by atoms with Crippen molar-refractivity contribution in [3.8, 4) is 11.5 Å². The Hall–Kier alpha value is -1.03. The van der Waals surface area contributed by atoms with Gasteiger partial charge in [-0.2, -0.15) is 0 Å². The van der Waals surface area contributed by atoms with Gasteiger partial charge in [-0.05, 0) is 34.0 Å². The zero-order valence-electron chi connectivity index (χ0n) is 9.83. The van der Waals surface area contributed by atoms with Gasteiger partial charge in [0, 0.05) is 11.1 Å². The molecule has 0 unspecified atom stereocenters. The summed E-state index contributed by atoms with van der Waals surface area (Å²) >= 11 is 2.92. The second kappa shape index (κ2) is 5.34. The monoisotopic (exact) mass is 286 g/mol. The van der Waals surface area contributed by atoms with Crippen LogP contribution < -0.4 is 9.47 Å². The third-order valence-electron chi connectivity index (χ3n) is 2.35. The third kappa shape index (κ3) is 2.55. The molecule has 16 heavy (non-hydrogen) atoms. The van der Waals surface area contributed by atoms with E-state index >= 15 is 0 Å². The lowest BCUT2D eigenvalue weighted by Crippen LogP contribution is -2.01. The highest BCUT2D eigenvalue weighted by atomic mass is 79.9. The Kier molecular flexibility index (Phi) is 4.35. The highest BCUT2D eigenvalue weighted by molar-refractivity contribution is 9.18. The SMILES string of the molecule is COc1cc(C(=O)Br)cc(OC)c1C(C)C. The number of ether oxygens (including phenoxy) is 2. The van der Waals surface area contributed by atoms with Crippen molar-refractivity contribution in [3.05, 3.63) is 23.3 Å². The smallest absolute Gasteiger partial charge is 0.228 e. The second-order valence-corrected chi connectivity index (χ2v) is 4.44. The first kappa shape index (κ1) is 13.0. The van der Waals surface area contributed by atoms with E-state index in [1.807, 2.05) is 0 Å². The summed E-state index contributed by atoms with van der Waals surface area (Å²) in [7, 11) is 3.17. The average Bonchev–Trinajstić information content (AvgIpc) is 2.26. The van der Waals surface area contributed by atoms with Crippen molar-refractivity contribution < 1.29 is 14.3 Å². The quantitative estimate of drug-likeness (QED) is 0.796. The largest absolute Gasteiger partial charge is 0.496 e. The van der Waals surface area contributed by atoms with E-state index in [1.54, 1.807) is 26.4 Å². The lowest BCUT2D eigenvalue weighted by Gasteiger charge is -2.16. The van der Waals surface area contributed by atoms with Crippen LogP contribution in [0.2, 0.25) is 0 Å². The summed E-state index contributed by atoms with van der Waals surface area (Å²) in [5, 5.41) is 0. The molecular weight excluding hydrogens is 272 g/mol. The Labute approximate surface area is 104 Å². The van der Waals surface area contributed by atoms with Gasteiger partial charge in [0.15, 0.2) is 0 Å². The van der Waals surface area contributed by atoms with E-state index in [0.717, 1.165) is 5.56 Å². The predicted octanol–water partition coefficient (Wildman–Crippen LogP) is 3.36. The normalized spacial score (nSPS) is 10.4. The van der Waals surface area contributed by atoms with Crippen LogP contribution in [0.25, 0.3) is 0 Å². The van der Waals surface area contributed by atoms with Gasteiger partial charge in [-0.25, -0.2) is 0 Å². The molecule has 0 fully saturated rings. The molecule has 1 rings (SSSR count). The van der Waals surface area contributed by atoms with E-state index in [2.05, 4.69) is 29.8 Å². The molecule has 0 aliphatic rings. The van der Waals surface area contributed by atoms with E-state index in [1.165, 1.54) is 0 Å². The van der Waals surface area contributed by atoms with Crippen molar-refractivity contribution in [1.82, 2.24) is 0 Å². The number of carbonyl (C=O) groups excluding carboxylic acids is 1. The third-order valence-corrected chi connectivity index (χ3v) is 2.81. The average molecular weight is 287 g/mol.